The Bertz CT molecular complexity index is 254. The normalized spacial score (nSPS) is 19.6. The number of rotatable bonds is 1. The second-order valence-corrected chi connectivity index (χ2v) is 6.46. The van der Waals surface area contributed by atoms with Crippen molar-refractivity contribution in [2.45, 2.75) is 65.5 Å². The van der Waals surface area contributed by atoms with Gasteiger partial charge in [0.1, 0.15) is 5.60 Å². The predicted molar refractivity (Wildman–Crippen MR) is 60.8 cm³/mol. The summed E-state index contributed by atoms with van der Waals surface area (Å²) in [5, 5.41) is 3.00. The summed E-state index contributed by atoms with van der Waals surface area (Å²) in [6.45, 7) is 12.1. The molecule has 1 fully saturated rings. The molecule has 1 aliphatic carbocycles. The molecule has 3 heteroatoms. The van der Waals surface area contributed by atoms with E-state index in [0.29, 0.717) is 0 Å². The first-order chi connectivity index (χ1) is 6.56. The largest absolute Gasteiger partial charge is 0.444 e. The van der Waals surface area contributed by atoms with Crippen molar-refractivity contribution < 1.29 is 9.53 Å². The van der Waals surface area contributed by atoms with E-state index in [1.807, 2.05) is 20.8 Å². The number of hydrogen-bond donors (Lipinski definition) is 1. The van der Waals surface area contributed by atoms with Crippen LogP contribution in [0.1, 0.15) is 54.4 Å². The average Bonchev–Trinajstić information content (AvgIpc) is 2.61. The first kappa shape index (κ1) is 12.3. The summed E-state index contributed by atoms with van der Waals surface area (Å²) >= 11 is 0. The summed E-state index contributed by atoms with van der Waals surface area (Å²) < 4.78 is 5.26. The van der Waals surface area contributed by atoms with Crippen LogP contribution in [0.3, 0.4) is 0 Å². The van der Waals surface area contributed by atoms with Gasteiger partial charge in [0.2, 0.25) is 0 Å². The van der Waals surface area contributed by atoms with E-state index in [0.717, 1.165) is 12.8 Å². The Morgan fingerprint density at radius 1 is 1.13 bits per heavy atom. The van der Waals surface area contributed by atoms with Crippen LogP contribution in [0.15, 0.2) is 0 Å². The lowest BCUT2D eigenvalue weighted by molar-refractivity contribution is 0.0447. The highest BCUT2D eigenvalue weighted by Crippen LogP contribution is 2.49. The van der Waals surface area contributed by atoms with Gasteiger partial charge in [-0.05, 0) is 39.0 Å². The minimum Gasteiger partial charge on any atom is -0.444 e. The summed E-state index contributed by atoms with van der Waals surface area (Å²) in [5.74, 6) is 0. The molecule has 0 aliphatic heterocycles. The molecule has 0 spiro atoms. The molecule has 0 bridgehead atoms. The molecule has 1 saturated carbocycles. The van der Waals surface area contributed by atoms with Gasteiger partial charge in [-0.15, -0.1) is 0 Å². The van der Waals surface area contributed by atoms with E-state index in [-0.39, 0.29) is 17.0 Å². The van der Waals surface area contributed by atoms with Crippen molar-refractivity contribution in [1.82, 2.24) is 5.32 Å². The first-order valence-electron chi connectivity index (χ1n) is 5.57. The van der Waals surface area contributed by atoms with Crippen LogP contribution < -0.4 is 5.32 Å². The maximum Gasteiger partial charge on any atom is 0.408 e. The van der Waals surface area contributed by atoms with Crippen molar-refractivity contribution in [3.63, 3.8) is 0 Å². The quantitative estimate of drug-likeness (QED) is 0.727. The number of carbonyl (C=O) groups excluding carboxylic acids is 1. The zero-order valence-corrected chi connectivity index (χ0v) is 10.7. The Labute approximate surface area is 92.6 Å². The highest BCUT2D eigenvalue weighted by molar-refractivity contribution is 5.69. The Balaban J connectivity index is 2.53. The van der Waals surface area contributed by atoms with Gasteiger partial charge in [0.05, 0.1) is 0 Å². The molecule has 0 aromatic carbocycles. The van der Waals surface area contributed by atoms with E-state index in [1.54, 1.807) is 0 Å². The Hall–Kier alpha value is -0.730. The first-order valence-corrected chi connectivity index (χ1v) is 5.57. The minimum atomic E-state index is -0.419. The fourth-order valence-electron chi connectivity index (χ4n) is 1.69. The Kier molecular flexibility index (Phi) is 2.79. The predicted octanol–water partition coefficient (Wildman–Crippen LogP) is 3.09. The molecule has 1 amide bonds. The van der Waals surface area contributed by atoms with Gasteiger partial charge in [-0.1, -0.05) is 20.8 Å². The lowest BCUT2D eigenvalue weighted by Gasteiger charge is -2.32. The molecule has 0 radical (unpaired) electrons. The molecule has 88 valence electrons. The summed E-state index contributed by atoms with van der Waals surface area (Å²) in [7, 11) is 0. The van der Waals surface area contributed by atoms with Crippen LogP contribution in [0, 0.1) is 5.41 Å². The van der Waals surface area contributed by atoms with Crippen molar-refractivity contribution in [3.8, 4) is 0 Å². The Morgan fingerprint density at radius 2 is 1.60 bits per heavy atom. The van der Waals surface area contributed by atoms with Gasteiger partial charge in [-0.2, -0.15) is 0 Å². The third-order valence-electron chi connectivity index (χ3n) is 2.93. The summed E-state index contributed by atoms with van der Waals surface area (Å²) in [6.07, 6.45) is 1.81. The van der Waals surface area contributed by atoms with E-state index in [2.05, 4.69) is 26.1 Å². The van der Waals surface area contributed by atoms with E-state index in [1.165, 1.54) is 0 Å². The molecule has 0 atom stereocenters. The van der Waals surface area contributed by atoms with Gasteiger partial charge in [0, 0.05) is 5.54 Å². The third-order valence-corrected chi connectivity index (χ3v) is 2.93. The molecule has 1 aliphatic rings. The molecular formula is C12H23NO2. The van der Waals surface area contributed by atoms with E-state index in [9.17, 15) is 4.79 Å². The van der Waals surface area contributed by atoms with Crippen LogP contribution in [0.4, 0.5) is 4.79 Å². The molecule has 3 nitrogen and oxygen atoms in total. The van der Waals surface area contributed by atoms with E-state index < -0.39 is 5.60 Å². The SMILES string of the molecule is CC(C)(C)OC(=O)NC1(C(C)(C)C)CC1. The smallest absolute Gasteiger partial charge is 0.408 e. The minimum absolute atomic E-state index is 0.0463. The monoisotopic (exact) mass is 213 g/mol. The van der Waals surface area contributed by atoms with Gasteiger partial charge in [0.15, 0.2) is 0 Å². The van der Waals surface area contributed by atoms with Gasteiger partial charge < -0.3 is 10.1 Å². The lowest BCUT2D eigenvalue weighted by Crippen LogP contribution is -2.47. The van der Waals surface area contributed by atoms with Crippen LogP contribution in [0.5, 0.6) is 0 Å². The highest BCUT2D eigenvalue weighted by atomic mass is 16.6. The average molecular weight is 213 g/mol. The fraction of sp³-hybridized carbons (Fsp3) is 0.917. The van der Waals surface area contributed by atoms with E-state index >= 15 is 0 Å². The molecule has 0 unspecified atom stereocenters. The van der Waals surface area contributed by atoms with Crippen LogP contribution >= 0.6 is 0 Å². The van der Waals surface area contributed by atoms with Gasteiger partial charge in [0.25, 0.3) is 0 Å². The number of carbonyl (C=O) groups is 1. The van der Waals surface area contributed by atoms with Crippen molar-refractivity contribution in [2.75, 3.05) is 0 Å². The van der Waals surface area contributed by atoms with Gasteiger partial charge >= 0.3 is 6.09 Å². The number of nitrogens with one attached hydrogen (secondary N) is 1. The highest BCUT2D eigenvalue weighted by Gasteiger charge is 2.53. The molecular weight excluding hydrogens is 190 g/mol. The summed E-state index contributed by atoms with van der Waals surface area (Å²) in [4.78, 5) is 11.6. The maximum absolute atomic E-state index is 11.6. The molecule has 0 saturated heterocycles. The van der Waals surface area contributed by atoms with Crippen molar-refractivity contribution in [3.05, 3.63) is 0 Å². The number of hydrogen-bond acceptors (Lipinski definition) is 2. The van der Waals surface area contributed by atoms with E-state index in [4.69, 9.17) is 4.74 Å². The van der Waals surface area contributed by atoms with Gasteiger partial charge in [-0.3, -0.25) is 0 Å². The number of alkyl carbamates (subject to hydrolysis) is 1. The maximum atomic E-state index is 11.6. The lowest BCUT2D eigenvalue weighted by atomic mass is 9.84. The van der Waals surface area contributed by atoms with Crippen molar-refractivity contribution in [2.24, 2.45) is 5.41 Å². The second kappa shape index (κ2) is 3.39. The zero-order valence-electron chi connectivity index (χ0n) is 10.7. The molecule has 1 rings (SSSR count). The van der Waals surface area contributed by atoms with Crippen LogP contribution in [0.2, 0.25) is 0 Å². The summed E-state index contributed by atoms with van der Waals surface area (Å²) in [5.41, 5.74) is -0.364. The summed E-state index contributed by atoms with van der Waals surface area (Å²) in [6, 6.07) is 0. The molecule has 1 N–H and O–H groups in total. The fourth-order valence-corrected chi connectivity index (χ4v) is 1.69. The topological polar surface area (TPSA) is 38.3 Å². The standard InChI is InChI=1S/C12H23NO2/c1-10(2,3)12(7-8-12)13-9(14)15-11(4,5)6/h7-8H2,1-6H3,(H,13,14). The number of amides is 1. The zero-order chi connectivity index (χ0) is 11.9. The van der Waals surface area contributed by atoms with Gasteiger partial charge in [-0.25, -0.2) is 4.79 Å². The molecule has 0 heterocycles. The third kappa shape index (κ3) is 3.11. The second-order valence-electron chi connectivity index (χ2n) is 6.46. The molecule has 15 heavy (non-hydrogen) atoms. The number of ether oxygens (including phenoxy) is 1. The van der Waals surface area contributed by atoms with Crippen LogP contribution in [0.25, 0.3) is 0 Å². The van der Waals surface area contributed by atoms with Crippen LogP contribution in [-0.2, 0) is 4.74 Å². The van der Waals surface area contributed by atoms with Crippen molar-refractivity contribution in [1.29, 1.82) is 0 Å². The molecule has 0 aromatic rings. The molecule has 0 aromatic heterocycles. The van der Waals surface area contributed by atoms with Crippen LogP contribution in [-0.4, -0.2) is 17.2 Å². The Morgan fingerprint density at radius 3 is 1.87 bits per heavy atom. The van der Waals surface area contributed by atoms with Crippen molar-refractivity contribution >= 4 is 6.09 Å².